The Kier molecular flexibility index (Phi) is 42.7. The lowest BCUT2D eigenvalue weighted by molar-refractivity contribution is -0.161. The van der Waals surface area contributed by atoms with Crippen LogP contribution >= 0.6 is 7.82 Å². The maximum absolute atomic E-state index is 12.7. The third kappa shape index (κ3) is 45.6. The molecule has 0 aliphatic rings. The van der Waals surface area contributed by atoms with Gasteiger partial charge in [-0.25, -0.2) is 14.2 Å². The van der Waals surface area contributed by atoms with E-state index in [2.05, 4.69) is 19.2 Å². The van der Waals surface area contributed by atoms with Crippen LogP contribution in [-0.2, 0) is 46.9 Å². The normalized spacial score (nSPS) is 12.8. The van der Waals surface area contributed by atoms with Crippen molar-refractivity contribution in [1.82, 2.24) is 5.32 Å². The minimum absolute atomic E-state index is 0.115. The molecule has 0 aromatic rings. The molecule has 0 heterocycles. The Morgan fingerprint density at radius 3 is 1.34 bits per heavy atom. The number of amides is 1. The minimum atomic E-state index is -4.64. The van der Waals surface area contributed by atoms with Crippen LogP contribution in [0.1, 0.15) is 219 Å². The van der Waals surface area contributed by atoms with Crippen LogP contribution in [0.25, 0.3) is 0 Å². The molecule has 0 fully saturated rings. The van der Waals surface area contributed by atoms with E-state index in [0.717, 1.165) is 38.5 Å². The molecule has 15 heteroatoms. The maximum atomic E-state index is 12.7. The summed E-state index contributed by atoms with van der Waals surface area (Å²) in [6.07, 6.45) is 34.9. The van der Waals surface area contributed by atoms with Gasteiger partial charge in [-0.15, -0.1) is 0 Å². The van der Waals surface area contributed by atoms with Crippen molar-refractivity contribution in [2.24, 2.45) is 0 Å². The Labute approximate surface area is 369 Å². The molecule has 0 aliphatic carbocycles. The fourth-order valence-corrected chi connectivity index (χ4v) is 7.58. The van der Waals surface area contributed by atoms with Crippen LogP contribution < -0.4 is 5.32 Å². The van der Waals surface area contributed by atoms with Crippen molar-refractivity contribution in [2.75, 3.05) is 46.2 Å². The molecule has 0 aromatic heterocycles. The van der Waals surface area contributed by atoms with Crippen LogP contribution in [0.15, 0.2) is 0 Å². The summed E-state index contributed by atoms with van der Waals surface area (Å²) >= 11 is 0. The average Bonchev–Trinajstić information content (AvgIpc) is 3.23. The van der Waals surface area contributed by atoms with E-state index in [4.69, 9.17) is 33.1 Å². The fraction of sp³-hybridized carbons (Fsp3) is 0.913. The number of carbonyl (C=O) groups excluding carboxylic acids is 3. The lowest BCUT2D eigenvalue weighted by Gasteiger charge is -2.20. The number of carboxylic acid groups (broad SMARTS) is 1. The van der Waals surface area contributed by atoms with E-state index in [9.17, 15) is 28.6 Å². The van der Waals surface area contributed by atoms with Crippen LogP contribution in [0, 0.1) is 0 Å². The molecule has 360 valence electrons. The first kappa shape index (κ1) is 58.8. The van der Waals surface area contributed by atoms with Crippen LogP contribution in [0.5, 0.6) is 0 Å². The molecule has 0 aromatic carbocycles. The fourth-order valence-electron chi connectivity index (χ4n) is 6.83. The molecule has 0 rings (SSSR count). The summed E-state index contributed by atoms with van der Waals surface area (Å²) in [6.45, 7) is 2.19. The summed E-state index contributed by atoms with van der Waals surface area (Å²) in [5.74, 6) is -2.09. The number of ether oxygens (including phenoxy) is 4. The highest BCUT2D eigenvalue weighted by Gasteiger charge is 2.26. The molecule has 61 heavy (non-hydrogen) atoms. The summed E-state index contributed by atoms with van der Waals surface area (Å²) in [6, 6.07) is 0. The number of carbonyl (C=O) groups is 4. The number of phosphoric ester groups is 1. The molecule has 3 N–H and O–H groups in total. The van der Waals surface area contributed by atoms with Gasteiger partial charge in [0.1, 0.15) is 19.8 Å². The molecule has 0 radical (unpaired) electrons. The molecular formula is C46H88NO13P. The second-order valence-electron chi connectivity index (χ2n) is 16.3. The highest BCUT2D eigenvalue weighted by Crippen LogP contribution is 2.43. The number of unbranched alkanes of at least 4 members (excludes halogenated alkanes) is 28. The highest BCUT2D eigenvalue weighted by molar-refractivity contribution is 7.47. The third-order valence-electron chi connectivity index (χ3n) is 10.4. The van der Waals surface area contributed by atoms with Crippen LogP contribution in [0.3, 0.4) is 0 Å². The quantitative estimate of drug-likeness (QED) is 0.0226. The molecule has 0 aliphatic heterocycles. The number of carboxylic acids is 1. The molecule has 0 saturated carbocycles. The summed E-state index contributed by atoms with van der Waals surface area (Å²) < 4.78 is 43.0. The standard InChI is InChI=1S/C46H88NO13P/c1-3-5-7-9-11-13-15-17-19-21-23-25-27-29-31-33-44(50)57-39-42(40-59-61(53,54)58-36-35-47-46(52)56-38-37-55-41-43(48)49)60-45(51)34-32-30-28-26-24-22-20-18-16-14-12-10-8-6-4-2/h42H,3-41H2,1-2H3,(H,47,52)(H,48,49)(H,53,54)/t42-/m1/s1. The Bertz CT molecular complexity index is 1100. The van der Waals surface area contributed by atoms with Crippen LogP contribution in [0.4, 0.5) is 4.79 Å². The maximum Gasteiger partial charge on any atom is 0.472 e. The van der Waals surface area contributed by atoms with E-state index in [1.165, 1.54) is 141 Å². The zero-order valence-electron chi connectivity index (χ0n) is 38.5. The largest absolute Gasteiger partial charge is 0.480 e. The van der Waals surface area contributed by atoms with Gasteiger partial charge in [0.25, 0.3) is 0 Å². The van der Waals surface area contributed by atoms with E-state index >= 15 is 0 Å². The summed E-state index contributed by atoms with van der Waals surface area (Å²) in [4.78, 5) is 57.6. The lowest BCUT2D eigenvalue weighted by atomic mass is 10.0. The van der Waals surface area contributed by atoms with Gasteiger partial charge in [-0.3, -0.25) is 18.6 Å². The SMILES string of the molecule is CCCCCCCCCCCCCCCCCC(=O)OC[C@H](COP(=O)(O)OCCNC(=O)OCCOCC(=O)O)OC(=O)CCCCCCCCCCCCCCCCC. The van der Waals surface area contributed by atoms with Crippen molar-refractivity contribution in [2.45, 2.75) is 225 Å². The molecule has 0 bridgehead atoms. The number of esters is 2. The zero-order chi connectivity index (χ0) is 44.9. The van der Waals surface area contributed by atoms with Gasteiger partial charge in [-0.05, 0) is 12.8 Å². The third-order valence-corrected chi connectivity index (χ3v) is 11.4. The van der Waals surface area contributed by atoms with Crippen molar-refractivity contribution < 1.29 is 61.7 Å². The lowest BCUT2D eigenvalue weighted by Crippen LogP contribution is -2.30. The van der Waals surface area contributed by atoms with E-state index in [-0.39, 0.29) is 39.2 Å². The first-order valence-electron chi connectivity index (χ1n) is 24.3. The second-order valence-corrected chi connectivity index (χ2v) is 17.8. The van der Waals surface area contributed by atoms with Crippen molar-refractivity contribution in [1.29, 1.82) is 0 Å². The van der Waals surface area contributed by atoms with Crippen LogP contribution in [-0.4, -0.2) is 86.3 Å². The number of rotatable bonds is 47. The number of phosphoric acid groups is 1. The van der Waals surface area contributed by atoms with Crippen molar-refractivity contribution in [3.05, 3.63) is 0 Å². The van der Waals surface area contributed by atoms with Crippen molar-refractivity contribution in [3.8, 4) is 0 Å². The van der Waals surface area contributed by atoms with E-state index in [0.29, 0.717) is 12.8 Å². The van der Waals surface area contributed by atoms with E-state index < -0.39 is 57.7 Å². The number of nitrogens with one attached hydrogen (secondary N) is 1. The molecule has 1 amide bonds. The first-order valence-corrected chi connectivity index (χ1v) is 25.8. The predicted molar refractivity (Wildman–Crippen MR) is 239 cm³/mol. The van der Waals surface area contributed by atoms with Gasteiger partial charge in [0.05, 0.1) is 19.8 Å². The zero-order valence-corrected chi connectivity index (χ0v) is 39.4. The second kappa shape index (κ2) is 44.4. The highest BCUT2D eigenvalue weighted by atomic mass is 31.2. The van der Waals surface area contributed by atoms with Gasteiger partial charge in [-0.2, -0.15) is 0 Å². The Morgan fingerprint density at radius 2 is 0.918 bits per heavy atom. The molecule has 1 unspecified atom stereocenters. The number of alkyl carbamates (subject to hydrolysis) is 1. The van der Waals surface area contributed by atoms with Crippen molar-refractivity contribution in [3.63, 3.8) is 0 Å². The predicted octanol–water partition coefficient (Wildman–Crippen LogP) is 11.9. The number of hydrogen-bond donors (Lipinski definition) is 3. The monoisotopic (exact) mass is 894 g/mol. The number of aliphatic carboxylic acids is 1. The van der Waals surface area contributed by atoms with Gasteiger partial charge < -0.3 is 34.3 Å². The smallest absolute Gasteiger partial charge is 0.472 e. The van der Waals surface area contributed by atoms with Gasteiger partial charge in [0, 0.05) is 19.4 Å². The Hall–Kier alpha value is -2.25. The first-order chi connectivity index (χ1) is 29.6. The summed E-state index contributed by atoms with van der Waals surface area (Å²) in [5.41, 5.74) is 0. The van der Waals surface area contributed by atoms with Gasteiger partial charge >= 0.3 is 31.8 Å². The molecule has 0 saturated heterocycles. The average molecular weight is 894 g/mol. The summed E-state index contributed by atoms with van der Waals surface area (Å²) in [7, 11) is -4.64. The van der Waals surface area contributed by atoms with E-state index in [1.54, 1.807) is 0 Å². The van der Waals surface area contributed by atoms with Crippen LogP contribution in [0.2, 0.25) is 0 Å². The molecular weight excluding hydrogens is 805 g/mol. The molecule has 14 nitrogen and oxygen atoms in total. The molecule has 2 atom stereocenters. The van der Waals surface area contributed by atoms with Gasteiger partial charge in [0.15, 0.2) is 6.10 Å². The topological polar surface area (TPSA) is 193 Å². The minimum Gasteiger partial charge on any atom is -0.480 e. The van der Waals surface area contributed by atoms with E-state index in [1.807, 2.05) is 0 Å². The Balaban J connectivity index is 4.49. The Morgan fingerprint density at radius 1 is 0.508 bits per heavy atom. The van der Waals surface area contributed by atoms with Gasteiger partial charge in [-0.1, -0.05) is 194 Å². The number of hydrogen-bond acceptors (Lipinski definition) is 11. The van der Waals surface area contributed by atoms with Crippen molar-refractivity contribution >= 4 is 31.8 Å². The molecule has 0 spiro atoms. The van der Waals surface area contributed by atoms with Gasteiger partial charge in [0.2, 0.25) is 0 Å². The summed E-state index contributed by atoms with van der Waals surface area (Å²) in [5, 5.41) is 10.8.